The van der Waals surface area contributed by atoms with Crippen LogP contribution in [0.15, 0.2) is 42.6 Å². The number of benzene rings is 1. The molecule has 0 bridgehead atoms. The molecule has 1 aliphatic heterocycles. The zero-order chi connectivity index (χ0) is 10.9. The maximum absolute atomic E-state index is 12.8. The molecule has 1 aromatic rings. The Hall–Kier alpha value is -1.71. The van der Waals surface area contributed by atoms with Crippen LogP contribution in [0.1, 0.15) is 5.56 Å². The Morgan fingerprint density at radius 2 is 1.87 bits per heavy atom. The van der Waals surface area contributed by atoms with E-state index < -0.39 is 11.8 Å². The average molecular weight is 209 g/mol. The maximum Gasteiger partial charge on any atom is 0.345 e. The molecular formula is C11H9F2NO. The molecule has 2 nitrogen and oxygen atoms in total. The fourth-order valence-electron chi connectivity index (χ4n) is 1.42. The molecule has 1 aromatic carbocycles. The second-order valence-corrected chi connectivity index (χ2v) is 3.36. The minimum Gasteiger partial charge on any atom is -0.309 e. The first-order valence-corrected chi connectivity index (χ1v) is 4.52. The summed E-state index contributed by atoms with van der Waals surface area (Å²) >= 11 is 0. The van der Waals surface area contributed by atoms with Crippen LogP contribution in [0.4, 0.5) is 8.78 Å². The number of hydrogen-bond acceptors (Lipinski definition) is 1. The molecule has 0 N–H and O–H groups in total. The van der Waals surface area contributed by atoms with Crippen LogP contribution in [-0.2, 0) is 11.3 Å². The van der Waals surface area contributed by atoms with Crippen molar-refractivity contribution in [2.24, 2.45) is 0 Å². The van der Waals surface area contributed by atoms with Gasteiger partial charge in [0.05, 0.1) is 6.54 Å². The SMILES string of the molecule is O=C1N(Cc2ccccc2)C=CC1(F)F. The molecule has 0 aliphatic carbocycles. The van der Waals surface area contributed by atoms with Crippen molar-refractivity contribution < 1.29 is 13.6 Å². The Bertz CT molecular complexity index is 400. The van der Waals surface area contributed by atoms with Crippen LogP contribution in [0.2, 0.25) is 0 Å². The lowest BCUT2D eigenvalue weighted by atomic mass is 10.2. The third-order valence-corrected chi connectivity index (χ3v) is 2.21. The minimum atomic E-state index is -3.34. The van der Waals surface area contributed by atoms with Gasteiger partial charge in [0.25, 0.3) is 0 Å². The number of halogens is 2. The number of rotatable bonds is 2. The number of alkyl halides is 2. The summed E-state index contributed by atoms with van der Waals surface area (Å²) in [6.45, 7) is 0.186. The third kappa shape index (κ3) is 1.88. The molecule has 1 aliphatic rings. The van der Waals surface area contributed by atoms with Crippen LogP contribution < -0.4 is 0 Å². The molecule has 1 amide bonds. The third-order valence-electron chi connectivity index (χ3n) is 2.21. The van der Waals surface area contributed by atoms with Gasteiger partial charge >= 0.3 is 11.8 Å². The summed E-state index contributed by atoms with van der Waals surface area (Å²) in [5.41, 5.74) is 0.827. The summed E-state index contributed by atoms with van der Waals surface area (Å²) in [7, 11) is 0. The largest absolute Gasteiger partial charge is 0.345 e. The van der Waals surface area contributed by atoms with Crippen molar-refractivity contribution in [3.05, 3.63) is 48.2 Å². The standard InChI is InChI=1S/C11H9F2NO/c12-11(13)6-7-14(10(11)15)8-9-4-2-1-3-5-9/h1-7H,8H2. The lowest BCUT2D eigenvalue weighted by Gasteiger charge is -2.15. The van der Waals surface area contributed by atoms with E-state index in [0.29, 0.717) is 6.08 Å². The summed E-state index contributed by atoms with van der Waals surface area (Å²) in [4.78, 5) is 12.2. The zero-order valence-electron chi connectivity index (χ0n) is 7.86. The highest BCUT2D eigenvalue weighted by Gasteiger charge is 2.43. The summed E-state index contributed by atoms with van der Waals surface area (Å²) in [6, 6.07) is 9.02. The highest BCUT2D eigenvalue weighted by atomic mass is 19.3. The van der Waals surface area contributed by atoms with Crippen molar-refractivity contribution in [1.82, 2.24) is 4.90 Å². The van der Waals surface area contributed by atoms with Crippen LogP contribution in [-0.4, -0.2) is 16.7 Å². The van der Waals surface area contributed by atoms with E-state index in [0.717, 1.165) is 16.7 Å². The van der Waals surface area contributed by atoms with Gasteiger partial charge in [-0.05, 0) is 5.56 Å². The predicted molar refractivity (Wildman–Crippen MR) is 51.1 cm³/mol. The molecule has 2 rings (SSSR count). The summed E-state index contributed by atoms with van der Waals surface area (Å²) in [5.74, 6) is -4.50. The highest BCUT2D eigenvalue weighted by Crippen LogP contribution is 2.26. The lowest BCUT2D eigenvalue weighted by molar-refractivity contribution is -0.145. The Kier molecular flexibility index (Phi) is 2.26. The van der Waals surface area contributed by atoms with Gasteiger partial charge in [0, 0.05) is 12.3 Å². The normalized spacial score (nSPS) is 18.5. The van der Waals surface area contributed by atoms with Gasteiger partial charge in [0.1, 0.15) is 0 Å². The van der Waals surface area contributed by atoms with Crippen molar-refractivity contribution in [1.29, 1.82) is 0 Å². The first kappa shape index (κ1) is 9.83. The molecule has 0 saturated heterocycles. The predicted octanol–water partition coefficient (Wildman–Crippen LogP) is 2.18. The van der Waals surface area contributed by atoms with Crippen LogP contribution in [0.3, 0.4) is 0 Å². The number of hydrogen-bond donors (Lipinski definition) is 0. The Morgan fingerprint density at radius 3 is 2.40 bits per heavy atom. The van der Waals surface area contributed by atoms with E-state index in [1.807, 2.05) is 6.07 Å². The van der Waals surface area contributed by atoms with Crippen LogP contribution in [0, 0.1) is 0 Å². The summed E-state index contributed by atoms with van der Waals surface area (Å²) < 4.78 is 25.6. The highest BCUT2D eigenvalue weighted by molar-refractivity contribution is 5.89. The van der Waals surface area contributed by atoms with Gasteiger partial charge in [-0.3, -0.25) is 4.79 Å². The summed E-state index contributed by atoms with van der Waals surface area (Å²) in [6.07, 6.45) is 1.76. The maximum atomic E-state index is 12.8. The van der Waals surface area contributed by atoms with Crippen LogP contribution in [0.25, 0.3) is 0 Å². The number of nitrogens with zero attached hydrogens (tertiary/aromatic N) is 1. The molecule has 78 valence electrons. The smallest absolute Gasteiger partial charge is 0.309 e. The zero-order valence-corrected chi connectivity index (χ0v) is 7.86. The molecule has 0 aromatic heterocycles. The molecular weight excluding hydrogens is 200 g/mol. The quantitative estimate of drug-likeness (QED) is 0.731. The van der Waals surface area contributed by atoms with Crippen molar-refractivity contribution in [2.75, 3.05) is 0 Å². The van der Waals surface area contributed by atoms with Gasteiger partial charge in [-0.1, -0.05) is 30.3 Å². The lowest BCUT2D eigenvalue weighted by Crippen LogP contribution is -2.33. The number of carbonyl (C=O) groups is 1. The minimum absolute atomic E-state index is 0.186. The Balaban J connectivity index is 2.10. The molecule has 0 spiro atoms. The van der Waals surface area contributed by atoms with Gasteiger partial charge in [-0.15, -0.1) is 0 Å². The number of carbonyl (C=O) groups excluding carboxylic acids is 1. The van der Waals surface area contributed by atoms with Crippen molar-refractivity contribution in [2.45, 2.75) is 12.5 Å². The fourth-order valence-corrected chi connectivity index (χ4v) is 1.42. The van der Waals surface area contributed by atoms with Crippen LogP contribution >= 0.6 is 0 Å². The monoisotopic (exact) mass is 209 g/mol. The first-order valence-electron chi connectivity index (χ1n) is 4.52. The number of amides is 1. The summed E-state index contributed by atoms with van der Waals surface area (Å²) in [5, 5.41) is 0. The van der Waals surface area contributed by atoms with E-state index >= 15 is 0 Å². The molecule has 0 saturated carbocycles. The van der Waals surface area contributed by atoms with E-state index in [1.54, 1.807) is 24.3 Å². The molecule has 1 heterocycles. The van der Waals surface area contributed by atoms with Crippen molar-refractivity contribution in [3.63, 3.8) is 0 Å². The average Bonchev–Trinajstić information content (AvgIpc) is 2.47. The van der Waals surface area contributed by atoms with E-state index in [9.17, 15) is 13.6 Å². The van der Waals surface area contributed by atoms with E-state index in [2.05, 4.69) is 0 Å². The second-order valence-electron chi connectivity index (χ2n) is 3.36. The van der Waals surface area contributed by atoms with E-state index in [4.69, 9.17) is 0 Å². The Morgan fingerprint density at radius 1 is 1.20 bits per heavy atom. The van der Waals surface area contributed by atoms with Gasteiger partial charge in [0.2, 0.25) is 0 Å². The van der Waals surface area contributed by atoms with Crippen molar-refractivity contribution in [3.8, 4) is 0 Å². The molecule has 0 fully saturated rings. The molecule has 4 heteroatoms. The van der Waals surface area contributed by atoms with Gasteiger partial charge < -0.3 is 4.90 Å². The second kappa shape index (κ2) is 3.46. The molecule has 15 heavy (non-hydrogen) atoms. The van der Waals surface area contributed by atoms with E-state index in [-0.39, 0.29) is 6.54 Å². The van der Waals surface area contributed by atoms with Crippen molar-refractivity contribution >= 4 is 5.91 Å². The van der Waals surface area contributed by atoms with Crippen LogP contribution in [0.5, 0.6) is 0 Å². The molecule has 0 radical (unpaired) electrons. The fraction of sp³-hybridized carbons (Fsp3) is 0.182. The topological polar surface area (TPSA) is 20.3 Å². The first-order chi connectivity index (χ1) is 7.09. The Labute approximate surface area is 85.8 Å². The van der Waals surface area contributed by atoms with Gasteiger partial charge in [-0.25, -0.2) is 0 Å². The molecule has 0 atom stereocenters. The van der Waals surface area contributed by atoms with Gasteiger partial charge in [0.15, 0.2) is 0 Å². The molecule has 0 unspecified atom stereocenters. The van der Waals surface area contributed by atoms with Gasteiger partial charge in [-0.2, -0.15) is 8.78 Å². The van der Waals surface area contributed by atoms with E-state index in [1.165, 1.54) is 0 Å².